The smallest absolute Gasteiger partial charge is 0.326 e. The highest BCUT2D eigenvalue weighted by atomic mass is 16.4. The zero-order chi connectivity index (χ0) is 25.9. The van der Waals surface area contributed by atoms with Gasteiger partial charge in [0.25, 0.3) is 0 Å². The largest absolute Gasteiger partial charge is 0.480 e. The molecule has 0 saturated heterocycles. The van der Waals surface area contributed by atoms with Crippen LogP contribution in [0.4, 0.5) is 0 Å². The summed E-state index contributed by atoms with van der Waals surface area (Å²) < 4.78 is 0. The summed E-state index contributed by atoms with van der Waals surface area (Å²) in [5.74, 6) is -4.21. The Morgan fingerprint density at radius 2 is 1.36 bits per heavy atom. The number of aliphatic carboxylic acids is 1. The highest BCUT2D eigenvalue weighted by molar-refractivity contribution is 5.94. The average molecular weight is 472 g/mol. The standard InChI is InChI=1S/C22H41N5O6/c1-7-13(6)18(22(32)33)27-19(29)14(8-9-16(23)28)25-20(30)15(10-11(2)3)26-21(31)17(24)12(4)5/h11-15,17-18H,7-10,24H2,1-6H3,(H2,23,28)(H,25,30)(H,26,31)(H,27,29)(H,32,33). The Kier molecular flexibility index (Phi) is 13.3. The second kappa shape index (κ2) is 14.5. The fourth-order valence-corrected chi connectivity index (χ4v) is 3.04. The van der Waals surface area contributed by atoms with E-state index >= 15 is 0 Å². The van der Waals surface area contributed by atoms with Crippen molar-refractivity contribution < 1.29 is 29.1 Å². The first kappa shape index (κ1) is 30.3. The SMILES string of the molecule is CCC(C)C(NC(=O)C(CCC(N)=O)NC(=O)C(CC(C)C)NC(=O)C(N)C(C)C)C(=O)O. The quantitative estimate of drug-likeness (QED) is 0.191. The number of hydrogen-bond acceptors (Lipinski definition) is 6. The first-order valence-corrected chi connectivity index (χ1v) is 11.4. The first-order valence-electron chi connectivity index (χ1n) is 11.4. The summed E-state index contributed by atoms with van der Waals surface area (Å²) in [6.07, 6.45) is 0.484. The van der Waals surface area contributed by atoms with Crippen molar-refractivity contribution in [3.63, 3.8) is 0 Å². The Morgan fingerprint density at radius 1 is 0.848 bits per heavy atom. The van der Waals surface area contributed by atoms with Crippen LogP contribution in [0.5, 0.6) is 0 Å². The third-order valence-corrected chi connectivity index (χ3v) is 5.45. The summed E-state index contributed by atoms with van der Waals surface area (Å²) in [6, 6.07) is -4.14. The van der Waals surface area contributed by atoms with Gasteiger partial charge in [0.2, 0.25) is 23.6 Å². The molecule has 0 rings (SSSR count). The van der Waals surface area contributed by atoms with Gasteiger partial charge in [0.05, 0.1) is 6.04 Å². The molecule has 0 aromatic rings. The number of rotatable bonds is 15. The molecule has 5 atom stereocenters. The van der Waals surface area contributed by atoms with Crippen LogP contribution in [0.15, 0.2) is 0 Å². The van der Waals surface area contributed by atoms with Crippen molar-refractivity contribution in [3.05, 3.63) is 0 Å². The van der Waals surface area contributed by atoms with Crippen molar-refractivity contribution in [2.45, 2.75) is 91.4 Å². The number of nitrogens with two attached hydrogens (primary N) is 2. The lowest BCUT2D eigenvalue weighted by Gasteiger charge is -2.27. The maximum absolute atomic E-state index is 13.0. The van der Waals surface area contributed by atoms with Gasteiger partial charge in [-0.05, 0) is 30.6 Å². The van der Waals surface area contributed by atoms with Gasteiger partial charge in [-0.1, -0.05) is 48.0 Å². The molecule has 11 nitrogen and oxygen atoms in total. The maximum atomic E-state index is 13.0. The molecular weight excluding hydrogens is 430 g/mol. The van der Waals surface area contributed by atoms with E-state index in [0.29, 0.717) is 6.42 Å². The van der Waals surface area contributed by atoms with Crippen LogP contribution in [0.1, 0.15) is 67.2 Å². The highest BCUT2D eigenvalue weighted by Crippen LogP contribution is 2.11. The summed E-state index contributed by atoms with van der Waals surface area (Å²) in [6.45, 7) is 10.8. The van der Waals surface area contributed by atoms with Gasteiger partial charge in [-0.25, -0.2) is 4.79 Å². The monoisotopic (exact) mass is 471 g/mol. The first-order chi connectivity index (χ1) is 15.2. The number of primary amides is 1. The van der Waals surface area contributed by atoms with Crippen molar-refractivity contribution in [2.75, 3.05) is 0 Å². The van der Waals surface area contributed by atoms with Gasteiger partial charge in [-0.2, -0.15) is 0 Å². The van der Waals surface area contributed by atoms with Crippen LogP contribution in [0, 0.1) is 17.8 Å². The topological polar surface area (TPSA) is 194 Å². The summed E-state index contributed by atoms with van der Waals surface area (Å²) in [4.78, 5) is 61.1. The van der Waals surface area contributed by atoms with Gasteiger partial charge >= 0.3 is 5.97 Å². The number of carboxylic acid groups (broad SMARTS) is 1. The minimum Gasteiger partial charge on any atom is -0.480 e. The fourth-order valence-electron chi connectivity index (χ4n) is 3.04. The molecule has 0 heterocycles. The molecule has 0 fully saturated rings. The molecule has 0 radical (unpaired) electrons. The number of carboxylic acids is 1. The van der Waals surface area contributed by atoms with Gasteiger partial charge in [0, 0.05) is 6.42 Å². The van der Waals surface area contributed by atoms with Crippen LogP contribution in [-0.2, 0) is 24.0 Å². The third-order valence-electron chi connectivity index (χ3n) is 5.45. The molecular formula is C22H41N5O6. The Labute approximate surface area is 195 Å². The van der Waals surface area contributed by atoms with E-state index in [0.717, 1.165) is 0 Å². The van der Waals surface area contributed by atoms with Crippen molar-refractivity contribution in [1.29, 1.82) is 0 Å². The van der Waals surface area contributed by atoms with E-state index in [1.54, 1.807) is 27.7 Å². The molecule has 0 bridgehead atoms. The predicted octanol–water partition coefficient (Wildman–Crippen LogP) is -0.134. The van der Waals surface area contributed by atoms with Crippen molar-refractivity contribution >= 4 is 29.6 Å². The summed E-state index contributed by atoms with van der Waals surface area (Å²) >= 11 is 0. The van der Waals surface area contributed by atoms with E-state index < -0.39 is 53.8 Å². The molecule has 0 aromatic carbocycles. The van der Waals surface area contributed by atoms with Crippen molar-refractivity contribution in [2.24, 2.45) is 29.2 Å². The minimum absolute atomic E-state index is 0.0380. The number of carbonyl (C=O) groups excluding carboxylic acids is 4. The van der Waals surface area contributed by atoms with Gasteiger partial charge in [-0.3, -0.25) is 19.2 Å². The van der Waals surface area contributed by atoms with Crippen molar-refractivity contribution in [1.82, 2.24) is 16.0 Å². The molecule has 0 saturated carbocycles. The average Bonchev–Trinajstić information content (AvgIpc) is 2.71. The molecule has 0 aliphatic carbocycles. The molecule has 0 aliphatic heterocycles. The lowest BCUT2D eigenvalue weighted by molar-refractivity contribution is -0.144. The number of hydrogen-bond donors (Lipinski definition) is 6. The van der Waals surface area contributed by atoms with Crippen LogP contribution in [0.25, 0.3) is 0 Å². The van der Waals surface area contributed by atoms with Crippen LogP contribution >= 0.6 is 0 Å². The van der Waals surface area contributed by atoms with Gasteiger partial charge < -0.3 is 32.5 Å². The van der Waals surface area contributed by atoms with Crippen LogP contribution in [0.2, 0.25) is 0 Å². The molecule has 0 aromatic heterocycles. The van der Waals surface area contributed by atoms with E-state index in [4.69, 9.17) is 11.5 Å². The molecule has 4 amide bonds. The fraction of sp³-hybridized carbons (Fsp3) is 0.773. The Morgan fingerprint density at radius 3 is 1.79 bits per heavy atom. The number of amides is 4. The van der Waals surface area contributed by atoms with E-state index in [1.165, 1.54) is 0 Å². The third kappa shape index (κ3) is 11.1. The molecule has 0 spiro atoms. The molecule has 5 unspecified atom stereocenters. The molecule has 8 N–H and O–H groups in total. The molecule has 0 aliphatic rings. The van der Waals surface area contributed by atoms with E-state index in [9.17, 15) is 29.1 Å². The Bertz CT molecular complexity index is 697. The van der Waals surface area contributed by atoms with Crippen LogP contribution < -0.4 is 27.4 Å². The zero-order valence-electron chi connectivity index (χ0n) is 20.5. The minimum atomic E-state index is -1.21. The van der Waals surface area contributed by atoms with Crippen LogP contribution in [0.3, 0.4) is 0 Å². The molecule has 190 valence electrons. The second-order valence-corrected chi connectivity index (χ2v) is 9.24. The summed E-state index contributed by atoms with van der Waals surface area (Å²) in [5, 5.41) is 17.1. The molecule has 11 heteroatoms. The zero-order valence-corrected chi connectivity index (χ0v) is 20.5. The second-order valence-electron chi connectivity index (χ2n) is 9.24. The lowest BCUT2D eigenvalue weighted by Crippen LogP contribution is -2.58. The van der Waals surface area contributed by atoms with Crippen LogP contribution in [-0.4, -0.2) is 58.9 Å². The van der Waals surface area contributed by atoms with E-state index in [2.05, 4.69) is 16.0 Å². The van der Waals surface area contributed by atoms with Gasteiger partial charge in [0.1, 0.15) is 18.1 Å². The van der Waals surface area contributed by atoms with E-state index in [-0.39, 0.29) is 37.0 Å². The van der Waals surface area contributed by atoms with Gasteiger partial charge in [-0.15, -0.1) is 0 Å². The molecule has 33 heavy (non-hydrogen) atoms. The van der Waals surface area contributed by atoms with E-state index in [1.807, 2.05) is 13.8 Å². The Balaban J connectivity index is 5.63. The highest BCUT2D eigenvalue weighted by Gasteiger charge is 2.32. The lowest BCUT2D eigenvalue weighted by atomic mass is 9.98. The maximum Gasteiger partial charge on any atom is 0.326 e. The summed E-state index contributed by atoms with van der Waals surface area (Å²) in [5.41, 5.74) is 11.1. The Hall–Kier alpha value is -2.69. The van der Waals surface area contributed by atoms with Crippen molar-refractivity contribution in [3.8, 4) is 0 Å². The normalized spacial score (nSPS) is 15.8. The number of carbonyl (C=O) groups is 5. The summed E-state index contributed by atoms with van der Waals surface area (Å²) in [7, 11) is 0. The number of nitrogens with one attached hydrogen (secondary N) is 3. The predicted molar refractivity (Wildman–Crippen MR) is 124 cm³/mol. The van der Waals surface area contributed by atoms with Gasteiger partial charge in [0.15, 0.2) is 0 Å².